The summed E-state index contributed by atoms with van der Waals surface area (Å²) in [5, 5.41) is 0. The Morgan fingerprint density at radius 1 is 1.00 bits per heavy atom. The molecule has 3 N–H and O–H groups in total. The lowest BCUT2D eigenvalue weighted by Crippen LogP contribution is -2.09. The van der Waals surface area contributed by atoms with Gasteiger partial charge in [0.05, 0.1) is 11.8 Å². The number of nitrogens with one attached hydrogen (secondary N) is 1. The largest absolute Gasteiger partial charge is 0.418 e. The number of benzene rings is 2. The number of halogens is 3. The van der Waals surface area contributed by atoms with Crippen LogP contribution in [0.5, 0.6) is 0 Å². The minimum absolute atomic E-state index is 0.358. The van der Waals surface area contributed by atoms with Crippen LogP contribution in [0.4, 0.5) is 24.5 Å². The molecule has 0 heterocycles. The SMILES string of the molecule is CS(=O)(=O)Nc1ccc(-c2ccc(C(F)(F)F)c(N)c2)cc1. The van der Waals surface area contributed by atoms with Crippen LogP contribution in [0.25, 0.3) is 11.1 Å². The number of rotatable bonds is 3. The zero-order chi connectivity index (χ0) is 16.5. The fourth-order valence-electron chi connectivity index (χ4n) is 1.95. The second kappa shape index (κ2) is 5.53. The standard InChI is InChI=1S/C14H13F3N2O2S/c1-22(20,21)19-11-5-2-9(3-6-11)10-4-7-12(13(18)8-10)14(15,16)17/h2-8,19H,18H2,1H3. The Labute approximate surface area is 125 Å². The number of sulfonamides is 1. The minimum Gasteiger partial charge on any atom is -0.398 e. The molecule has 2 aromatic carbocycles. The summed E-state index contributed by atoms with van der Waals surface area (Å²) >= 11 is 0. The van der Waals surface area contributed by atoms with Crippen molar-refractivity contribution in [3.8, 4) is 11.1 Å². The highest BCUT2D eigenvalue weighted by atomic mass is 32.2. The lowest BCUT2D eigenvalue weighted by Gasteiger charge is -2.12. The van der Waals surface area contributed by atoms with E-state index in [1.165, 1.54) is 24.3 Å². The smallest absolute Gasteiger partial charge is 0.398 e. The van der Waals surface area contributed by atoms with Crippen LogP contribution >= 0.6 is 0 Å². The second-order valence-electron chi connectivity index (χ2n) is 4.75. The van der Waals surface area contributed by atoms with Gasteiger partial charge >= 0.3 is 6.18 Å². The van der Waals surface area contributed by atoms with Crippen molar-refractivity contribution in [1.82, 2.24) is 0 Å². The third-order valence-electron chi connectivity index (χ3n) is 2.88. The molecule has 22 heavy (non-hydrogen) atoms. The van der Waals surface area contributed by atoms with Crippen molar-refractivity contribution in [1.29, 1.82) is 0 Å². The molecule has 0 aromatic heterocycles. The van der Waals surface area contributed by atoms with Crippen LogP contribution in [0.1, 0.15) is 5.56 Å². The summed E-state index contributed by atoms with van der Waals surface area (Å²) in [5.74, 6) is 0. The van der Waals surface area contributed by atoms with E-state index in [9.17, 15) is 21.6 Å². The lowest BCUT2D eigenvalue weighted by atomic mass is 10.0. The number of hydrogen-bond donors (Lipinski definition) is 2. The van der Waals surface area contributed by atoms with Crippen molar-refractivity contribution in [3.05, 3.63) is 48.0 Å². The molecular formula is C14H13F3N2O2S. The number of anilines is 2. The van der Waals surface area contributed by atoms with Crippen LogP contribution in [0.3, 0.4) is 0 Å². The van der Waals surface area contributed by atoms with Gasteiger partial charge in [-0.3, -0.25) is 4.72 Å². The summed E-state index contributed by atoms with van der Waals surface area (Å²) in [6.07, 6.45) is -3.47. The molecule has 118 valence electrons. The Morgan fingerprint density at radius 2 is 1.55 bits per heavy atom. The molecule has 0 saturated heterocycles. The first-order valence-electron chi connectivity index (χ1n) is 6.11. The van der Waals surface area contributed by atoms with Crippen LogP contribution in [0, 0.1) is 0 Å². The highest BCUT2D eigenvalue weighted by Gasteiger charge is 2.32. The van der Waals surface area contributed by atoms with E-state index in [2.05, 4.69) is 4.72 Å². The van der Waals surface area contributed by atoms with Crippen LogP contribution in [0.15, 0.2) is 42.5 Å². The highest BCUT2D eigenvalue weighted by Crippen LogP contribution is 2.35. The average Bonchev–Trinajstić information content (AvgIpc) is 2.36. The van der Waals surface area contributed by atoms with Crippen molar-refractivity contribution in [3.63, 3.8) is 0 Å². The second-order valence-corrected chi connectivity index (χ2v) is 6.50. The Balaban J connectivity index is 2.31. The predicted octanol–water partition coefficient (Wildman–Crippen LogP) is 3.33. The molecule has 0 aliphatic carbocycles. The van der Waals surface area contributed by atoms with E-state index in [1.807, 2.05) is 0 Å². The summed E-state index contributed by atoms with van der Waals surface area (Å²) in [4.78, 5) is 0. The summed E-state index contributed by atoms with van der Waals surface area (Å²) in [6, 6.07) is 9.70. The molecule has 0 spiro atoms. The van der Waals surface area contributed by atoms with E-state index in [1.54, 1.807) is 12.1 Å². The summed E-state index contributed by atoms with van der Waals surface area (Å²) in [5.41, 5.74) is 5.71. The van der Waals surface area contributed by atoms with E-state index in [0.29, 0.717) is 16.8 Å². The summed E-state index contributed by atoms with van der Waals surface area (Å²) in [7, 11) is -3.38. The first kappa shape index (κ1) is 16.2. The molecule has 0 bridgehead atoms. The molecular weight excluding hydrogens is 317 g/mol. The molecule has 2 rings (SSSR count). The van der Waals surface area contributed by atoms with Crippen LogP contribution in [0.2, 0.25) is 0 Å². The van der Waals surface area contributed by atoms with E-state index < -0.39 is 21.8 Å². The Kier molecular flexibility index (Phi) is 4.06. The first-order valence-corrected chi connectivity index (χ1v) is 8.00. The van der Waals surface area contributed by atoms with Gasteiger partial charge in [0.1, 0.15) is 0 Å². The number of nitrogen functional groups attached to an aromatic ring is 1. The minimum atomic E-state index is -4.49. The van der Waals surface area contributed by atoms with Crippen molar-refractivity contribution >= 4 is 21.4 Å². The van der Waals surface area contributed by atoms with Gasteiger partial charge in [-0.25, -0.2) is 8.42 Å². The molecule has 0 fully saturated rings. The fraction of sp³-hybridized carbons (Fsp3) is 0.143. The third-order valence-corrected chi connectivity index (χ3v) is 3.48. The molecule has 2 aromatic rings. The highest BCUT2D eigenvalue weighted by molar-refractivity contribution is 7.92. The van der Waals surface area contributed by atoms with Gasteiger partial charge in [-0.1, -0.05) is 18.2 Å². The van der Waals surface area contributed by atoms with Gasteiger partial charge in [-0.05, 0) is 35.4 Å². The summed E-state index contributed by atoms with van der Waals surface area (Å²) < 4.78 is 62.4. The molecule has 0 aliphatic rings. The van der Waals surface area contributed by atoms with E-state index in [4.69, 9.17) is 5.73 Å². The quantitative estimate of drug-likeness (QED) is 0.848. The molecule has 0 aliphatic heterocycles. The third kappa shape index (κ3) is 3.91. The Morgan fingerprint density at radius 3 is 2.00 bits per heavy atom. The van der Waals surface area contributed by atoms with Crippen molar-refractivity contribution in [2.45, 2.75) is 6.18 Å². The van der Waals surface area contributed by atoms with Gasteiger partial charge in [-0.15, -0.1) is 0 Å². The number of hydrogen-bond acceptors (Lipinski definition) is 3. The predicted molar refractivity (Wildman–Crippen MR) is 79.8 cm³/mol. The maximum absolute atomic E-state index is 12.6. The summed E-state index contributed by atoms with van der Waals surface area (Å²) in [6.45, 7) is 0. The fourth-order valence-corrected chi connectivity index (χ4v) is 2.51. The maximum Gasteiger partial charge on any atom is 0.418 e. The van der Waals surface area contributed by atoms with E-state index in [-0.39, 0.29) is 5.69 Å². The average molecular weight is 330 g/mol. The van der Waals surface area contributed by atoms with Crippen molar-refractivity contribution in [2.75, 3.05) is 16.7 Å². The zero-order valence-electron chi connectivity index (χ0n) is 11.5. The van der Waals surface area contributed by atoms with Crippen molar-refractivity contribution < 1.29 is 21.6 Å². The van der Waals surface area contributed by atoms with Gasteiger partial charge < -0.3 is 5.73 Å². The van der Waals surface area contributed by atoms with Crippen LogP contribution in [-0.4, -0.2) is 14.7 Å². The lowest BCUT2D eigenvalue weighted by molar-refractivity contribution is -0.136. The van der Waals surface area contributed by atoms with Gasteiger partial charge in [0.2, 0.25) is 10.0 Å². The molecule has 4 nitrogen and oxygen atoms in total. The van der Waals surface area contributed by atoms with Crippen molar-refractivity contribution in [2.24, 2.45) is 0 Å². The first-order chi connectivity index (χ1) is 10.1. The Bertz CT molecular complexity index is 785. The topological polar surface area (TPSA) is 72.2 Å². The van der Waals surface area contributed by atoms with Gasteiger partial charge in [-0.2, -0.15) is 13.2 Å². The van der Waals surface area contributed by atoms with Gasteiger partial charge in [0.25, 0.3) is 0 Å². The van der Waals surface area contributed by atoms with Crippen LogP contribution < -0.4 is 10.5 Å². The Hall–Kier alpha value is -2.22. The molecule has 0 amide bonds. The molecule has 0 radical (unpaired) electrons. The normalized spacial score (nSPS) is 12.2. The van der Waals surface area contributed by atoms with Crippen LogP contribution in [-0.2, 0) is 16.2 Å². The molecule has 0 unspecified atom stereocenters. The number of nitrogens with two attached hydrogens (primary N) is 1. The maximum atomic E-state index is 12.6. The van der Waals surface area contributed by atoms with Gasteiger partial charge in [0, 0.05) is 11.4 Å². The van der Waals surface area contributed by atoms with Gasteiger partial charge in [0.15, 0.2) is 0 Å². The molecule has 8 heteroatoms. The molecule has 0 atom stereocenters. The monoisotopic (exact) mass is 330 g/mol. The zero-order valence-corrected chi connectivity index (χ0v) is 12.3. The van der Waals surface area contributed by atoms with E-state index >= 15 is 0 Å². The number of alkyl halides is 3. The molecule has 0 saturated carbocycles. The van der Waals surface area contributed by atoms with E-state index in [0.717, 1.165) is 12.3 Å².